The number of nitrogens with zero attached hydrogens (tertiary/aromatic N) is 1. The molecular formula is C15H21BrN2. The van der Waals surface area contributed by atoms with E-state index >= 15 is 0 Å². The van der Waals surface area contributed by atoms with E-state index < -0.39 is 0 Å². The van der Waals surface area contributed by atoms with Crippen LogP contribution in [0.2, 0.25) is 0 Å². The van der Waals surface area contributed by atoms with Crippen molar-refractivity contribution in [3.8, 4) is 0 Å². The molecule has 0 spiro atoms. The molecule has 2 N–H and O–H groups in total. The lowest BCUT2D eigenvalue weighted by atomic mass is 10.0. The van der Waals surface area contributed by atoms with Crippen LogP contribution in [0.5, 0.6) is 0 Å². The third kappa shape index (κ3) is 2.24. The van der Waals surface area contributed by atoms with Crippen molar-refractivity contribution >= 4 is 15.9 Å². The summed E-state index contributed by atoms with van der Waals surface area (Å²) in [5.41, 5.74) is 7.39. The van der Waals surface area contributed by atoms with Crippen LogP contribution < -0.4 is 5.73 Å². The Morgan fingerprint density at radius 2 is 1.89 bits per heavy atom. The maximum Gasteiger partial charge on any atom is 0.0481 e. The van der Waals surface area contributed by atoms with E-state index in [0.29, 0.717) is 12.6 Å². The van der Waals surface area contributed by atoms with Crippen LogP contribution in [0.15, 0.2) is 28.7 Å². The minimum Gasteiger partial charge on any atom is -0.329 e. The number of hydrogen-bond acceptors (Lipinski definition) is 2. The van der Waals surface area contributed by atoms with Gasteiger partial charge in [0.05, 0.1) is 0 Å². The van der Waals surface area contributed by atoms with Gasteiger partial charge in [0.25, 0.3) is 0 Å². The monoisotopic (exact) mass is 308 g/mol. The Kier molecular flexibility index (Phi) is 3.73. The highest BCUT2D eigenvalue weighted by atomic mass is 79.9. The molecule has 18 heavy (non-hydrogen) atoms. The Hall–Kier alpha value is -0.380. The van der Waals surface area contributed by atoms with Crippen molar-refractivity contribution in [1.82, 2.24) is 4.90 Å². The van der Waals surface area contributed by atoms with Gasteiger partial charge in [-0.15, -0.1) is 0 Å². The number of halogens is 1. The Morgan fingerprint density at radius 1 is 1.22 bits per heavy atom. The highest BCUT2D eigenvalue weighted by Gasteiger charge is 2.38. The molecule has 2 fully saturated rings. The van der Waals surface area contributed by atoms with Crippen molar-refractivity contribution in [2.45, 2.75) is 25.3 Å². The molecule has 1 aliphatic heterocycles. The van der Waals surface area contributed by atoms with Gasteiger partial charge in [-0.25, -0.2) is 0 Å². The topological polar surface area (TPSA) is 29.3 Å². The van der Waals surface area contributed by atoms with Crippen molar-refractivity contribution in [1.29, 1.82) is 0 Å². The fraction of sp³-hybridized carbons (Fsp3) is 0.600. The van der Waals surface area contributed by atoms with Crippen molar-refractivity contribution in [2.24, 2.45) is 17.6 Å². The van der Waals surface area contributed by atoms with E-state index in [1.54, 1.807) is 0 Å². The minimum absolute atomic E-state index is 0.381. The molecule has 1 aliphatic carbocycles. The third-order valence-corrected chi connectivity index (χ3v) is 5.40. The van der Waals surface area contributed by atoms with E-state index in [1.807, 2.05) is 0 Å². The number of fused-ring (bicyclic) bond motifs is 1. The molecule has 1 aromatic carbocycles. The molecule has 3 rings (SSSR count). The first kappa shape index (κ1) is 12.6. The van der Waals surface area contributed by atoms with Crippen molar-refractivity contribution in [3.05, 3.63) is 34.3 Å². The highest BCUT2D eigenvalue weighted by molar-refractivity contribution is 9.10. The second kappa shape index (κ2) is 5.32. The molecule has 0 aromatic heterocycles. The van der Waals surface area contributed by atoms with Crippen LogP contribution in [0.25, 0.3) is 0 Å². The Morgan fingerprint density at radius 3 is 2.50 bits per heavy atom. The lowest BCUT2D eigenvalue weighted by Crippen LogP contribution is -2.33. The molecule has 0 bridgehead atoms. The third-order valence-electron chi connectivity index (χ3n) is 4.68. The zero-order valence-corrected chi connectivity index (χ0v) is 12.3. The lowest BCUT2D eigenvalue weighted by Gasteiger charge is -2.28. The Balaban J connectivity index is 1.79. The molecule has 3 unspecified atom stereocenters. The molecule has 1 saturated carbocycles. The normalized spacial score (nSPS) is 29.4. The molecular weight excluding hydrogens is 288 g/mol. The summed E-state index contributed by atoms with van der Waals surface area (Å²) < 4.78 is 1.19. The van der Waals surface area contributed by atoms with E-state index in [-0.39, 0.29) is 0 Å². The lowest BCUT2D eigenvalue weighted by molar-refractivity contribution is 0.231. The SMILES string of the molecule is NCC(c1ccccc1Br)N1CC2CCCC2C1. The highest BCUT2D eigenvalue weighted by Crippen LogP contribution is 2.41. The first-order valence-electron chi connectivity index (χ1n) is 6.98. The van der Waals surface area contributed by atoms with Crippen molar-refractivity contribution in [3.63, 3.8) is 0 Å². The molecule has 2 aliphatic rings. The van der Waals surface area contributed by atoms with E-state index in [2.05, 4.69) is 45.1 Å². The molecule has 0 amide bonds. The van der Waals surface area contributed by atoms with Crippen LogP contribution in [-0.4, -0.2) is 24.5 Å². The zero-order chi connectivity index (χ0) is 12.5. The van der Waals surface area contributed by atoms with Gasteiger partial charge in [0.2, 0.25) is 0 Å². The van der Waals surface area contributed by atoms with Gasteiger partial charge in [0.1, 0.15) is 0 Å². The van der Waals surface area contributed by atoms with Crippen LogP contribution in [0.3, 0.4) is 0 Å². The molecule has 1 heterocycles. The average molecular weight is 309 g/mol. The molecule has 98 valence electrons. The summed E-state index contributed by atoms with van der Waals surface area (Å²) in [4.78, 5) is 2.61. The number of benzene rings is 1. The van der Waals surface area contributed by atoms with Gasteiger partial charge >= 0.3 is 0 Å². The number of likely N-dealkylation sites (tertiary alicyclic amines) is 1. The van der Waals surface area contributed by atoms with Gasteiger partial charge in [0.15, 0.2) is 0 Å². The number of nitrogens with two attached hydrogens (primary N) is 1. The smallest absolute Gasteiger partial charge is 0.0481 e. The van der Waals surface area contributed by atoms with E-state index in [9.17, 15) is 0 Å². The van der Waals surface area contributed by atoms with E-state index in [4.69, 9.17) is 5.73 Å². The van der Waals surface area contributed by atoms with Gasteiger partial charge < -0.3 is 5.73 Å². The van der Waals surface area contributed by atoms with Crippen LogP contribution in [0.1, 0.15) is 30.9 Å². The number of rotatable bonds is 3. The molecule has 1 saturated heterocycles. The Labute approximate surface area is 118 Å². The van der Waals surface area contributed by atoms with Gasteiger partial charge in [-0.05, 0) is 36.3 Å². The minimum atomic E-state index is 0.381. The van der Waals surface area contributed by atoms with Gasteiger partial charge in [-0.1, -0.05) is 40.5 Å². The molecule has 2 nitrogen and oxygen atoms in total. The second-order valence-electron chi connectivity index (χ2n) is 5.68. The predicted molar refractivity (Wildman–Crippen MR) is 78.3 cm³/mol. The van der Waals surface area contributed by atoms with Crippen molar-refractivity contribution in [2.75, 3.05) is 19.6 Å². The second-order valence-corrected chi connectivity index (χ2v) is 6.53. The van der Waals surface area contributed by atoms with Crippen LogP contribution in [0, 0.1) is 11.8 Å². The first-order chi connectivity index (χ1) is 8.79. The van der Waals surface area contributed by atoms with Crippen LogP contribution in [-0.2, 0) is 0 Å². The zero-order valence-electron chi connectivity index (χ0n) is 10.7. The summed E-state index contributed by atoms with van der Waals surface area (Å²) in [5.74, 6) is 1.86. The first-order valence-corrected chi connectivity index (χ1v) is 7.77. The Bertz CT molecular complexity index is 409. The largest absolute Gasteiger partial charge is 0.329 e. The molecule has 1 aromatic rings. The molecule has 3 atom stereocenters. The van der Waals surface area contributed by atoms with E-state index in [0.717, 1.165) is 11.8 Å². The summed E-state index contributed by atoms with van der Waals surface area (Å²) in [6.45, 7) is 3.20. The van der Waals surface area contributed by atoms with Gasteiger partial charge in [-0.3, -0.25) is 4.90 Å². The fourth-order valence-electron chi connectivity index (χ4n) is 3.74. The quantitative estimate of drug-likeness (QED) is 0.929. The van der Waals surface area contributed by atoms with Gasteiger partial charge in [0, 0.05) is 30.1 Å². The molecule has 0 radical (unpaired) electrons. The number of hydrogen-bond donors (Lipinski definition) is 1. The van der Waals surface area contributed by atoms with E-state index in [1.165, 1.54) is 42.4 Å². The summed E-state index contributed by atoms with van der Waals surface area (Å²) in [5, 5.41) is 0. The van der Waals surface area contributed by atoms with Gasteiger partial charge in [-0.2, -0.15) is 0 Å². The summed E-state index contributed by atoms with van der Waals surface area (Å²) in [7, 11) is 0. The van der Waals surface area contributed by atoms with Crippen LogP contribution >= 0.6 is 15.9 Å². The maximum atomic E-state index is 6.04. The van der Waals surface area contributed by atoms with Crippen LogP contribution in [0.4, 0.5) is 0 Å². The maximum absolute atomic E-state index is 6.04. The van der Waals surface area contributed by atoms with Crippen molar-refractivity contribution < 1.29 is 0 Å². The molecule has 3 heteroatoms. The fourth-order valence-corrected chi connectivity index (χ4v) is 4.29. The average Bonchev–Trinajstić information content (AvgIpc) is 2.93. The summed E-state index contributed by atoms with van der Waals surface area (Å²) in [6.07, 6.45) is 4.29. The predicted octanol–water partition coefficient (Wildman–Crippen LogP) is 3.18. The standard InChI is InChI=1S/C15H21BrN2/c16-14-7-2-1-6-13(14)15(8-17)18-9-11-4-3-5-12(11)10-18/h1-2,6-7,11-12,15H,3-5,8-10,17H2. The summed E-state index contributed by atoms with van der Waals surface area (Å²) >= 11 is 3.66. The summed E-state index contributed by atoms with van der Waals surface area (Å²) in [6, 6.07) is 8.88.